The van der Waals surface area contributed by atoms with Crippen LogP contribution in [0.2, 0.25) is 0 Å². The third-order valence-electron chi connectivity index (χ3n) is 2.37. The van der Waals surface area contributed by atoms with Gasteiger partial charge in [-0.1, -0.05) is 39.8 Å². The molecule has 0 saturated heterocycles. The first-order valence-corrected chi connectivity index (χ1v) is 6.29. The first kappa shape index (κ1) is 18.8. The van der Waals surface area contributed by atoms with Crippen molar-refractivity contribution in [2.24, 2.45) is 5.92 Å². The Balaban J connectivity index is 0.00000172. The van der Waals surface area contributed by atoms with Gasteiger partial charge in [0.15, 0.2) is 0 Å². The Morgan fingerprint density at radius 2 is 1.40 bits per heavy atom. The van der Waals surface area contributed by atoms with E-state index in [0.717, 1.165) is 12.1 Å². The van der Waals surface area contributed by atoms with Crippen molar-refractivity contribution in [3.05, 3.63) is 34.9 Å². The standard InChI is InChI=1S/C12H12F6.C2H6/c1-7(2)6-8-4-3-5-9(11(13,14)15)10(8)12(16,17)18;1-2/h3-5,7H,6H2,1-2H3;1-2H3. The molecule has 0 nitrogen and oxygen atoms in total. The molecule has 0 bridgehead atoms. The van der Waals surface area contributed by atoms with Gasteiger partial charge in [-0.15, -0.1) is 0 Å². The molecule has 1 aromatic carbocycles. The Hall–Kier alpha value is -1.20. The summed E-state index contributed by atoms with van der Waals surface area (Å²) in [4.78, 5) is 0. The molecule has 0 heterocycles. The van der Waals surface area contributed by atoms with Gasteiger partial charge in [0.05, 0.1) is 11.1 Å². The Bertz CT molecular complexity index is 415. The van der Waals surface area contributed by atoms with Crippen LogP contribution in [0.4, 0.5) is 26.3 Å². The average Bonchev–Trinajstić information content (AvgIpc) is 2.28. The molecule has 0 unspecified atom stereocenters. The maximum Gasteiger partial charge on any atom is 0.417 e. The van der Waals surface area contributed by atoms with Crippen LogP contribution in [0, 0.1) is 5.92 Å². The summed E-state index contributed by atoms with van der Waals surface area (Å²) in [5, 5.41) is 0. The molecule has 0 aliphatic heterocycles. The number of hydrogen-bond donors (Lipinski definition) is 0. The number of hydrogen-bond acceptors (Lipinski definition) is 0. The summed E-state index contributed by atoms with van der Waals surface area (Å²) in [6, 6.07) is 2.57. The van der Waals surface area contributed by atoms with Crippen LogP contribution < -0.4 is 0 Å². The largest absolute Gasteiger partial charge is 0.417 e. The van der Waals surface area contributed by atoms with E-state index in [-0.39, 0.29) is 17.9 Å². The minimum absolute atomic E-state index is 0.0429. The lowest BCUT2D eigenvalue weighted by atomic mass is 9.93. The van der Waals surface area contributed by atoms with Crippen LogP contribution in [-0.2, 0) is 18.8 Å². The first-order chi connectivity index (χ1) is 9.03. The van der Waals surface area contributed by atoms with E-state index in [0.29, 0.717) is 6.07 Å². The Morgan fingerprint density at radius 1 is 0.900 bits per heavy atom. The van der Waals surface area contributed by atoms with Crippen LogP contribution in [0.15, 0.2) is 18.2 Å². The summed E-state index contributed by atoms with van der Waals surface area (Å²) in [5.74, 6) is -0.158. The van der Waals surface area contributed by atoms with Gasteiger partial charge in [0.1, 0.15) is 0 Å². The van der Waals surface area contributed by atoms with Gasteiger partial charge in [-0.3, -0.25) is 0 Å². The minimum atomic E-state index is -5.00. The van der Waals surface area contributed by atoms with E-state index in [9.17, 15) is 26.3 Å². The van der Waals surface area contributed by atoms with Crippen molar-refractivity contribution >= 4 is 0 Å². The van der Waals surface area contributed by atoms with Crippen LogP contribution in [0.25, 0.3) is 0 Å². The van der Waals surface area contributed by atoms with Gasteiger partial charge in [-0.05, 0) is 24.0 Å². The molecule has 0 spiro atoms. The van der Waals surface area contributed by atoms with Gasteiger partial charge in [-0.2, -0.15) is 26.3 Å². The smallest absolute Gasteiger partial charge is 0.166 e. The number of halogens is 6. The van der Waals surface area contributed by atoms with Crippen molar-refractivity contribution in [1.82, 2.24) is 0 Å². The SMILES string of the molecule is CC.CC(C)Cc1cccc(C(F)(F)F)c1C(F)(F)F. The van der Waals surface area contributed by atoms with Gasteiger partial charge in [-0.25, -0.2) is 0 Å². The fraction of sp³-hybridized carbons (Fsp3) is 0.571. The Labute approximate surface area is 114 Å². The molecule has 0 aliphatic rings. The zero-order valence-electron chi connectivity index (χ0n) is 11.8. The molecule has 0 amide bonds. The van der Waals surface area contributed by atoms with Gasteiger partial charge in [0, 0.05) is 0 Å². The van der Waals surface area contributed by atoms with Crippen molar-refractivity contribution in [3.63, 3.8) is 0 Å². The van der Waals surface area contributed by atoms with Gasteiger partial charge in [0.25, 0.3) is 0 Å². The number of benzene rings is 1. The molecule has 0 aliphatic carbocycles. The lowest BCUT2D eigenvalue weighted by Gasteiger charge is -2.19. The molecule has 116 valence electrons. The molecule has 1 aromatic rings. The van der Waals surface area contributed by atoms with Crippen LogP contribution >= 0.6 is 0 Å². The highest BCUT2D eigenvalue weighted by Gasteiger charge is 2.44. The van der Waals surface area contributed by atoms with Gasteiger partial charge in [0.2, 0.25) is 0 Å². The monoisotopic (exact) mass is 300 g/mol. The van der Waals surface area contributed by atoms with Gasteiger partial charge < -0.3 is 0 Å². The summed E-state index contributed by atoms with van der Waals surface area (Å²) in [6.45, 7) is 7.31. The average molecular weight is 300 g/mol. The van der Waals surface area contributed by atoms with Crippen LogP contribution in [0.3, 0.4) is 0 Å². The summed E-state index contributed by atoms with van der Waals surface area (Å²) >= 11 is 0. The third-order valence-corrected chi connectivity index (χ3v) is 2.37. The number of rotatable bonds is 2. The molecular weight excluding hydrogens is 282 g/mol. The van der Waals surface area contributed by atoms with E-state index >= 15 is 0 Å². The van der Waals surface area contributed by atoms with Crippen LogP contribution in [0.1, 0.15) is 44.4 Å². The van der Waals surface area contributed by atoms with E-state index in [1.54, 1.807) is 13.8 Å². The van der Waals surface area contributed by atoms with Crippen molar-refractivity contribution in [3.8, 4) is 0 Å². The second-order valence-corrected chi connectivity index (χ2v) is 4.43. The summed E-state index contributed by atoms with van der Waals surface area (Å²) < 4.78 is 76.2. The Morgan fingerprint density at radius 3 is 1.75 bits per heavy atom. The molecule has 0 saturated carbocycles. The molecule has 6 heteroatoms. The van der Waals surface area contributed by atoms with E-state index in [1.165, 1.54) is 0 Å². The van der Waals surface area contributed by atoms with Crippen molar-refractivity contribution in [1.29, 1.82) is 0 Å². The Kier molecular flexibility index (Phi) is 6.58. The lowest BCUT2D eigenvalue weighted by Crippen LogP contribution is -2.19. The molecule has 1 rings (SSSR count). The van der Waals surface area contributed by atoms with Crippen molar-refractivity contribution < 1.29 is 26.3 Å². The zero-order chi connectivity index (χ0) is 16.1. The maximum absolute atomic E-state index is 12.8. The highest BCUT2D eigenvalue weighted by atomic mass is 19.4. The maximum atomic E-state index is 12.8. The van der Waals surface area contributed by atoms with Crippen molar-refractivity contribution in [2.75, 3.05) is 0 Å². The molecular formula is C14H18F6. The topological polar surface area (TPSA) is 0 Å². The van der Waals surface area contributed by atoms with Crippen LogP contribution in [0.5, 0.6) is 0 Å². The summed E-state index contributed by atoms with van der Waals surface area (Å²) in [7, 11) is 0. The van der Waals surface area contributed by atoms with E-state index < -0.39 is 23.5 Å². The second-order valence-electron chi connectivity index (χ2n) is 4.43. The highest BCUT2D eigenvalue weighted by Crippen LogP contribution is 2.42. The van der Waals surface area contributed by atoms with Gasteiger partial charge >= 0.3 is 12.4 Å². The van der Waals surface area contributed by atoms with E-state index in [2.05, 4.69) is 0 Å². The van der Waals surface area contributed by atoms with Crippen molar-refractivity contribution in [2.45, 2.75) is 46.5 Å². The quantitative estimate of drug-likeness (QED) is 0.592. The van der Waals surface area contributed by atoms with Crippen LogP contribution in [-0.4, -0.2) is 0 Å². The summed E-state index contributed by atoms with van der Waals surface area (Å²) in [6.07, 6.45) is -10.0. The molecule has 0 radical (unpaired) electrons. The highest BCUT2D eigenvalue weighted by molar-refractivity contribution is 5.39. The predicted molar refractivity (Wildman–Crippen MR) is 66.3 cm³/mol. The second kappa shape index (κ2) is 6.99. The lowest BCUT2D eigenvalue weighted by molar-refractivity contribution is -0.162. The fourth-order valence-corrected chi connectivity index (χ4v) is 1.78. The predicted octanol–water partition coefficient (Wildman–Crippen LogP) is 5.95. The molecule has 0 fully saturated rings. The molecule has 20 heavy (non-hydrogen) atoms. The normalized spacial score (nSPS) is 12.2. The zero-order valence-corrected chi connectivity index (χ0v) is 11.8. The molecule has 0 N–H and O–H groups in total. The summed E-state index contributed by atoms with van der Waals surface area (Å²) in [5.41, 5.74) is -3.49. The molecule has 0 atom stereocenters. The first-order valence-electron chi connectivity index (χ1n) is 6.29. The fourth-order valence-electron chi connectivity index (χ4n) is 1.78. The van der Waals surface area contributed by atoms with E-state index in [1.807, 2.05) is 13.8 Å². The van der Waals surface area contributed by atoms with E-state index in [4.69, 9.17) is 0 Å². The third kappa shape index (κ3) is 5.06. The molecule has 0 aromatic heterocycles. The minimum Gasteiger partial charge on any atom is -0.166 e. The number of alkyl halides is 6.